The van der Waals surface area contributed by atoms with Gasteiger partial charge in [-0.3, -0.25) is 4.98 Å². The van der Waals surface area contributed by atoms with E-state index in [9.17, 15) is 4.79 Å². The van der Waals surface area contributed by atoms with Gasteiger partial charge in [-0.15, -0.1) is 0 Å². The molecular formula is C15H18N2O2. The number of hydrogen-bond acceptors (Lipinski definition) is 4. The van der Waals surface area contributed by atoms with Crippen molar-refractivity contribution in [2.45, 2.75) is 19.8 Å². The van der Waals surface area contributed by atoms with Gasteiger partial charge in [0.1, 0.15) is 11.5 Å². The summed E-state index contributed by atoms with van der Waals surface area (Å²) in [6.07, 6.45) is 3.19. The number of carbonyl (C=O) groups is 1. The second-order valence-electron chi connectivity index (χ2n) is 4.48. The first-order chi connectivity index (χ1) is 9.20. The van der Waals surface area contributed by atoms with Gasteiger partial charge in [-0.25, -0.2) is 0 Å². The van der Waals surface area contributed by atoms with Crippen molar-refractivity contribution in [2.24, 2.45) is 0 Å². The van der Waals surface area contributed by atoms with Gasteiger partial charge in [0.15, 0.2) is 0 Å². The summed E-state index contributed by atoms with van der Waals surface area (Å²) >= 11 is 0. The molecule has 1 N–H and O–H groups in total. The number of anilines is 1. The molecule has 4 heteroatoms. The molecule has 0 aliphatic rings. The maximum atomic E-state index is 10.9. The minimum atomic E-state index is 0.218. The molecular weight excluding hydrogens is 240 g/mol. The number of Topliss-reactive ketones (excluding diaryl/α,β-unsaturated/α-hetero) is 1. The molecule has 1 aromatic carbocycles. The first-order valence-corrected chi connectivity index (χ1v) is 6.37. The number of methoxy groups -OCH3 is 1. The Kier molecular flexibility index (Phi) is 4.34. The number of fused-ring (bicyclic) bond motifs is 1. The Balaban J connectivity index is 2.18. The minimum absolute atomic E-state index is 0.218. The second kappa shape index (κ2) is 6.18. The molecule has 1 heterocycles. The standard InChI is InChI=1S/C15H18N2O2/c1-11(18)5-3-7-16-14-10-13(19-2)9-12-6-4-8-17-15(12)14/h4,6,8-10,16H,3,5,7H2,1-2H3. The fourth-order valence-corrected chi connectivity index (χ4v) is 1.98. The van der Waals surface area contributed by atoms with Gasteiger partial charge in [0.25, 0.3) is 0 Å². The van der Waals surface area contributed by atoms with Crippen LogP contribution in [-0.2, 0) is 4.79 Å². The van der Waals surface area contributed by atoms with Gasteiger partial charge in [0.05, 0.1) is 18.3 Å². The maximum absolute atomic E-state index is 10.9. The first kappa shape index (κ1) is 13.3. The molecule has 0 spiro atoms. The van der Waals surface area contributed by atoms with E-state index in [0.29, 0.717) is 6.42 Å². The number of nitrogens with one attached hydrogen (secondary N) is 1. The van der Waals surface area contributed by atoms with E-state index in [4.69, 9.17) is 4.74 Å². The summed E-state index contributed by atoms with van der Waals surface area (Å²) in [6, 6.07) is 7.80. The summed E-state index contributed by atoms with van der Waals surface area (Å²) in [7, 11) is 1.65. The highest BCUT2D eigenvalue weighted by Crippen LogP contribution is 2.27. The second-order valence-corrected chi connectivity index (χ2v) is 4.48. The van der Waals surface area contributed by atoms with Crippen molar-refractivity contribution in [1.29, 1.82) is 0 Å². The van der Waals surface area contributed by atoms with Crippen molar-refractivity contribution < 1.29 is 9.53 Å². The van der Waals surface area contributed by atoms with Crippen molar-refractivity contribution in [3.8, 4) is 5.75 Å². The molecule has 0 aliphatic carbocycles. The van der Waals surface area contributed by atoms with Crippen LogP contribution in [0.3, 0.4) is 0 Å². The molecule has 0 atom stereocenters. The Morgan fingerprint density at radius 3 is 3.00 bits per heavy atom. The number of pyridine rings is 1. The number of benzene rings is 1. The number of aromatic nitrogens is 1. The highest BCUT2D eigenvalue weighted by molar-refractivity contribution is 5.91. The van der Waals surface area contributed by atoms with Crippen LogP contribution in [0.25, 0.3) is 10.9 Å². The highest BCUT2D eigenvalue weighted by atomic mass is 16.5. The van der Waals surface area contributed by atoms with E-state index in [0.717, 1.165) is 35.3 Å². The van der Waals surface area contributed by atoms with Crippen LogP contribution in [0.1, 0.15) is 19.8 Å². The van der Waals surface area contributed by atoms with Gasteiger partial charge in [-0.05, 0) is 25.5 Å². The molecule has 0 saturated carbocycles. The molecule has 0 aliphatic heterocycles. The molecule has 0 fully saturated rings. The lowest BCUT2D eigenvalue weighted by Crippen LogP contribution is -2.04. The topological polar surface area (TPSA) is 51.2 Å². The molecule has 1 aromatic heterocycles. The zero-order valence-corrected chi connectivity index (χ0v) is 11.3. The SMILES string of the molecule is COc1cc(NCCCC(C)=O)c2ncccc2c1. The van der Waals surface area contributed by atoms with Gasteiger partial charge >= 0.3 is 0 Å². The van der Waals surface area contributed by atoms with Gasteiger partial charge in [-0.1, -0.05) is 6.07 Å². The van der Waals surface area contributed by atoms with Crippen LogP contribution in [0, 0.1) is 0 Å². The monoisotopic (exact) mass is 258 g/mol. The third kappa shape index (κ3) is 3.44. The first-order valence-electron chi connectivity index (χ1n) is 6.37. The van der Waals surface area contributed by atoms with Crippen LogP contribution in [0.4, 0.5) is 5.69 Å². The Morgan fingerprint density at radius 2 is 2.26 bits per heavy atom. The van der Waals surface area contributed by atoms with Crippen molar-refractivity contribution >= 4 is 22.4 Å². The van der Waals surface area contributed by atoms with E-state index < -0.39 is 0 Å². The van der Waals surface area contributed by atoms with Crippen LogP contribution in [0.15, 0.2) is 30.5 Å². The lowest BCUT2D eigenvalue weighted by molar-refractivity contribution is -0.117. The molecule has 0 radical (unpaired) electrons. The number of carbonyl (C=O) groups excluding carboxylic acids is 1. The summed E-state index contributed by atoms with van der Waals surface area (Å²) in [5.74, 6) is 1.02. The number of ether oxygens (including phenoxy) is 1. The predicted octanol–water partition coefficient (Wildman–Crippen LogP) is 3.02. The molecule has 100 valence electrons. The largest absolute Gasteiger partial charge is 0.497 e. The lowest BCUT2D eigenvalue weighted by Gasteiger charge is -2.11. The van der Waals surface area contributed by atoms with Crippen molar-refractivity contribution in [3.63, 3.8) is 0 Å². The number of nitrogens with zero attached hydrogens (tertiary/aromatic N) is 1. The fourth-order valence-electron chi connectivity index (χ4n) is 1.98. The molecule has 2 aromatic rings. The van der Waals surface area contributed by atoms with Gasteiger partial charge in [0.2, 0.25) is 0 Å². The van der Waals surface area contributed by atoms with Crippen LogP contribution in [0.2, 0.25) is 0 Å². The Bertz CT molecular complexity index is 581. The van der Waals surface area contributed by atoms with E-state index in [1.807, 2.05) is 24.3 Å². The molecule has 4 nitrogen and oxygen atoms in total. The molecule has 0 unspecified atom stereocenters. The third-order valence-corrected chi connectivity index (χ3v) is 2.94. The van der Waals surface area contributed by atoms with E-state index in [2.05, 4.69) is 10.3 Å². The zero-order chi connectivity index (χ0) is 13.7. The number of ketones is 1. The van der Waals surface area contributed by atoms with Gasteiger partial charge in [-0.2, -0.15) is 0 Å². The van der Waals surface area contributed by atoms with Crippen LogP contribution >= 0.6 is 0 Å². The highest BCUT2D eigenvalue weighted by Gasteiger charge is 2.05. The van der Waals surface area contributed by atoms with Crippen molar-refractivity contribution in [2.75, 3.05) is 19.0 Å². The molecule has 0 amide bonds. The minimum Gasteiger partial charge on any atom is -0.497 e. The molecule has 19 heavy (non-hydrogen) atoms. The summed E-state index contributed by atoms with van der Waals surface area (Å²) < 4.78 is 5.29. The maximum Gasteiger partial charge on any atom is 0.129 e. The van der Waals surface area contributed by atoms with Crippen LogP contribution in [-0.4, -0.2) is 24.4 Å². The Hall–Kier alpha value is -2.10. The number of rotatable bonds is 6. The van der Waals surface area contributed by atoms with Crippen molar-refractivity contribution in [1.82, 2.24) is 4.98 Å². The molecule has 0 bridgehead atoms. The lowest BCUT2D eigenvalue weighted by atomic mass is 10.1. The normalized spacial score (nSPS) is 10.4. The average molecular weight is 258 g/mol. The summed E-state index contributed by atoms with van der Waals surface area (Å²) in [4.78, 5) is 15.3. The van der Waals surface area contributed by atoms with E-state index in [-0.39, 0.29) is 5.78 Å². The predicted molar refractivity (Wildman–Crippen MR) is 76.7 cm³/mol. The third-order valence-electron chi connectivity index (χ3n) is 2.94. The van der Waals surface area contributed by atoms with Crippen LogP contribution < -0.4 is 10.1 Å². The van der Waals surface area contributed by atoms with E-state index in [1.165, 1.54) is 0 Å². The zero-order valence-electron chi connectivity index (χ0n) is 11.3. The van der Waals surface area contributed by atoms with E-state index >= 15 is 0 Å². The summed E-state index contributed by atoms with van der Waals surface area (Å²) in [6.45, 7) is 2.36. The summed E-state index contributed by atoms with van der Waals surface area (Å²) in [5.41, 5.74) is 1.87. The van der Waals surface area contributed by atoms with E-state index in [1.54, 1.807) is 20.2 Å². The quantitative estimate of drug-likeness (QED) is 0.809. The molecule has 0 saturated heterocycles. The smallest absolute Gasteiger partial charge is 0.129 e. The molecule has 2 rings (SSSR count). The summed E-state index contributed by atoms with van der Waals surface area (Å²) in [5, 5.41) is 4.36. The van der Waals surface area contributed by atoms with Gasteiger partial charge < -0.3 is 14.8 Å². The van der Waals surface area contributed by atoms with Crippen LogP contribution in [0.5, 0.6) is 5.75 Å². The van der Waals surface area contributed by atoms with Gasteiger partial charge in [0, 0.05) is 30.6 Å². The fraction of sp³-hybridized carbons (Fsp3) is 0.333. The Morgan fingerprint density at radius 1 is 1.42 bits per heavy atom. The Labute approximate surface area is 112 Å². The van der Waals surface area contributed by atoms with Crippen molar-refractivity contribution in [3.05, 3.63) is 30.5 Å². The number of hydrogen-bond donors (Lipinski definition) is 1. The average Bonchev–Trinajstić information content (AvgIpc) is 2.42.